The predicted octanol–water partition coefficient (Wildman–Crippen LogP) is 1.29. The van der Waals surface area contributed by atoms with E-state index in [2.05, 4.69) is 9.71 Å². The zero-order valence-corrected chi connectivity index (χ0v) is 13.8. The number of pyridine rings is 1. The molecule has 1 fully saturated rings. The van der Waals surface area contributed by atoms with Gasteiger partial charge < -0.3 is 4.90 Å². The van der Waals surface area contributed by atoms with Crippen molar-refractivity contribution in [2.45, 2.75) is 18.9 Å². The molecule has 0 atom stereocenters. The standard InChI is InChI=1S/C14H18ClN3O3S/c1-22(20,21)17-8-9-18(12-3-4-12)14(19)5-2-11-6-7-16-13(15)10-11/h2,5-7,10,12,17H,3-4,8-9H2,1H3. The summed E-state index contributed by atoms with van der Waals surface area (Å²) in [7, 11) is -3.24. The van der Waals surface area contributed by atoms with Crippen LogP contribution in [0.1, 0.15) is 18.4 Å². The Morgan fingerprint density at radius 2 is 2.27 bits per heavy atom. The molecule has 1 aliphatic carbocycles. The minimum atomic E-state index is -3.24. The van der Waals surface area contributed by atoms with Crippen molar-refractivity contribution < 1.29 is 13.2 Å². The molecule has 1 saturated carbocycles. The number of halogens is 1. The van der Waals surface area contributed by atoms with Crippen molar-refractivity contribution in [3.05, 3.63) is 35.1 Å². The van der Waals surface area contributed by atoms with E-state index in [1.54, 1.807) is 29.3 Å². The van der Waals surface area contributed by atoms with Crippen LogP contribution in [0.5, 0.6) is 0 Å². The summed E-state index contributed by atoms with van der Waals surface area (Å²) < 4.78 is 24.5. The Hall–Kier alpha value is -1.44. The van der Waals surface area contributed by atoms with E-state index in [0.717, 1.165) is 24.7 Å². The van der Waals surface area contributed by atoms with Crippen molar-refractivity contribution >= 4 is 33.6 Å². The summed E-state index contributed by atoms with van der Waals surface area (Å²) in [6.45, 7) is 0.577. The summed E-state index contributed by atoms with van der Waals surface area (Å²) in [5, 5.41) is 0.367. The van der Waals surface area contributed by atoms with Crippen LogP contribution in [-0.2, 0) is 14.8 Å². The van der Waals surface area contributed by atoms with E-state index in [4.69, 9.17) is 11.6 Å². The molecule has 1 aliphatic rings. The molecule has 22 heavy (non-hydrogen) atoms. The van der Waals surface area contributed by atoms with E-state index in [9.17, 15) is 13.2 Å². The fraction of sp³-hybridized carbons (Fsp3) is 0.429. The molecule has 1 aromatic rings. The molecule has 6 nitrogen and oxygen atoms in total. The van der Waals surface area contributed by atoms with E-state index in [1.165, 1.54) is 6.08 Å². The van der Waals surface area contributed by atoms with Crippen molar-refractivity contribution in [2.75, 3.05) is 19.3 Å². The minimum absolute atomic E-state index is 0.134. The molecule has 0 unspecified atom stereocenters. The first-order valence-electron chi connectivity index (χ1n) is 6.90. The zero-order valence-electron chi connectivity index (χ0n) is 12.2. The van der Waals surface area contributed by atoms with Crippen LogP contribution in [0.4, 0.5) is 0 Å². The third kappa shape index (κ3) is 5.75. The average Bonchev–Trinajstić information content (AvgIpc) is 3.24. The number of rotatable bonds is 7. The average molecular weight is 344 g/mol. The summed E-state index contributed by atoms with van der Waals surface area (Å²) in [5.74, 6) is -0.134. The third-order valence-corrected chi connectivity index (χ3v) is 4.09. The van der Waals surface area contributed by atoms with Gasteiger partial charge in [-0.2, -0.15) is 0 Å². The first-order chi connectivity index (χ1) is 10.3. The number of carbonyl (C=O) groups excluding carboxylic acids is 1. The molecule has 1 amide bonds. The van der Waals surface area contributed by atoms with Gasteiger partial charge in [-0.25, -0.2) is 18.1 Å². The largest absolute Gasteiger partial charge is 0.335 e. The molecule has 2 rings (SSSR count). The molecule has 0 spiro atoms. The van der Waals surface area contributed by atoms with Crippen molar-refractivity contribution in [2.24, 2.45) is 0 Å². The van der Waals surface area contributed by atoms with E-state index >= 15 is 0 Å². The molecule has 0 saturated heterocycles. The van der Waals surface area contributed by atoms with Gasteiger partial charge in [0.2, 0.25) is 15.9 Å². The molecule has 1 N–H and O–H groups in total. The van der Waals surface area contributed by atoms with Gasteiger partial charge in [-0.1, -0.05) is 11.6 Å². The molecule has 1 aromatic heterocycles. The Morgan fingerprint density at radius 3 is 2.86 bits per heavy atom. The molecule has 120 valence electrons. The first kappa shape index (κ1) is 16.9. The van der Waals surface area contributed by atoms with E-state index in [1.807, 2.05) is 0 Å². The maximum atomic E-state index is 12.3. The van der Waals surface area contributed by atoms with Crippen LogP contribution in [0.2, 0.25) is 5.15 Å². The number of nitrogens with zero attached hydrogens (tertiary/aromatic N) is 2. The highest BCUT2D eigenvalue weighted by atomic mass is 35.5. The predicted molar refractivity (Wildman–Crippen MR) is 85.9 cm³/mol. The van der Waals surface area contributed by atoms with Gasteiger partial charge in [-0.3, -0.25) is 4.79 Å². The Morgan fingerprint density at radius 1 is 1.55 bits per heavy atom. The minimum Gasteiger partial charge on any atom is -0.335 e. The SMILES string of the molecule is CS(=O)(=O)NCCN(C(=O)C=Cc1ccnc(Cl)c1)C1CC1. The fourth-order valence-corrected chi connectivity index (χ4v) is 2.64. The van der Waals surface area contributed by atoms with Gasteiger partial charge in [0.05, 0.1) is 6.26 Å². The molecule has 8 heteroatoms. The number of sulfonamides is 1. The van der Waals surface area contributed by atoms with Gasteiger partial charge in [-0.05, 0) is 36.6 Å². The monoisotopic (exact) mass is 343 g/mol. The fourth-order valence-electron chi connectivity index (χ4n) is 1.99. The van der Waals surface area contributed by atoms with Gasteiger partial charge in [0.15, 0.2) is 0 Å². The molecule has 0 bridgehead atoms. The van der Waals surface area contributed by atoms with Gasteiger partial charge >= 0.3 is 0 Å². The number of aromatic nitrogens is 1. The number of hydrogen-bond donors (Lipinski definition) is 1. The summed E-state index contributed by atoms with van der Waals surface area (Å²) in [6.07, 6.45) is 7.74. The van der Waals surface area contributed by atoms with E-state index < -0.39 is 10.0 Å². The van der Waals surface area contributed by atoms with E-state index in [-0.39, 0.29) is 18.5 Å². The van der Waals surface area contributed by atoms with E-state index in [0.29, 0.717) is 11.7 Å². The Kier molecular flexibility index (Phi) is 5.55. The Bertz CT molecular complexity index is 672. The van der Waals surface area contributed by atoms with Crippen molar-refractivity contribution in [3.8, 4) is 0 Å². The summed E-state index contributed by atoms with van der Waals surface area (Å²) in [4.78, 5) is 17.8. The molecule has 0 aromatic carbocycles. The van der Waals surface area contributed by atoms with Crippen LogP contribution in [0.15, 0.2) is 24.4 Å². The molecule has 0 aliphatic heterocycles. The van der Waals surface area contributed by atoms with Gasteiger partial charge in [-0.15, -0.1) is 0 Å². The van der Waals surface area contributed by atoms with Crippen LogP contribution >= 0.6 is 11.6 Å². The van der Waals surface area contributed by atoms with Crippen molar-refractivity contribution in [1.29, 1.82) is 0 Å². The summed E-state index contributed by atoms with van der Waals surface area (Å²) in [6, 6.07) is 3.62. The third-order valence-electron chi connectivity index (χ3n) is 3.16. The molecule has 0 radical (unpaired) electrons. The lowest BCUT2D eigenvalue weighted by atomic mass is 10.2. The Labute approximate surface area is 135 Å². The smallest absolute Gasteiger partial charge is 0.246 e. The maximum Gasteiger partial charge on any atom is 0.246 e. The second kappa shape index (κ2) is 7.21. The zero-order chi connectivity index (χ0) is 16.2. The Balaban J connectivity index is 1.95. The highest BCUT2D eigenvalue weighted by Gasteiger charge is 2.31. The highest BCUT2D eigenvalue weighted by molar-refractivity contribution is 7.88. The molecule has 1 heterocycles. The van der Waals surface area contributed by atoms with Crippen molar-refractivity contribution in [3.63, 3.8) is 0 Å². The van der Waals surface area contributed by atoms with Crippen LogP contribution in [-0.4, -0.2) is 49.6 Å². The normalized spacial score (nSPS) is 15.2. The van der Waals surface area contributed by atoms with Crippen LogP contribution in [0.25, 0.3) is 6.08 Å². The van der Waals surface area contributed by atoms with Crippen LogP contribution in [0.3, 0.4) is 0 Å². The lowest BCUT2D eigenvalue weighted by molar-refractivity contribution is -0.126. The number of carbonyl (C=O) groups is 1. The lowest BCUT2D eigenvalue weighted by Gasteiger charge is -2.20. The second-order valence-electron chi connectivity index (χ2n) is 5.17. The lowest BCUT2D eigenvalue weighted by Crippen LogP contribution is -2.38. The van der Waals surface area contributed by atoms with Crippen LogP contribution < -0.4 is 4.72 Å². The van der Waals surface area contributed by atoms with Gasteiger partial charge in [0.1, 0.15) is 5.15 Å². The van der Waals surface area contributed by atoms with Crippen molar-refractivity contribution in [1.82, 2.24) is 14.6 Å². The second-order valence-corrected chi connectivity index (χ2v) is 7.39. The molecular weight excluding hydrogens is 326 g/mol. The quantitative estimate of drug-likeness (QED) is 0.597. The molecular formula is C14H18ClN3O3S. The number of nitrogens with one attached hydrogen (secondary N) is 1. The van der Waals surface area contributed by atoms with Crippen LogP contribution in [0, 0.1) is 0 Å². The summed E-state index contributed by atoms with van der Waals surface area (Å²) in [5.41, 5.74) is 0.790. The maximum absolute atomic E-state index is 12.3. The summed E-state index contributed by atoms with van der Waals surface area (Å²) >= 11 is 5.79. The topological polar surface area (TPSA) is 79.4 Å². The number of hydrogen-bond acceptors (Lipinski definition) is 4. The van der Waals surface area contributed by atoms with Gasteiger partial charge in [0.25, 0.3) is 0 Å². The number of amides is 1. The van der Waals surface area contributed by atoms with Gasteiger partial charge in [0, 0.05) is 31.4 Å². The highest BCUT2D eigenvalue weighted by Crippen LogP contribution is 2.26. The first-order valence-corrected chi connectivity index (χ1v) is 9.17.